The maximum Gasteiger partial charge on any atom is 0.224 e. The first-order chi connectivity index (χ1) is 10.2. The molecular formula is C17H35N3O. The quantitative estimate of drug-likeness (QED) is 0.609. The molecule has 0 spiro atoms. The number of piperidine rings is 1. The lowest BCUT2D eigenvalue weighted by Gasteiger charge is -2.36. The van der Waals surface area contributed by atoms with Gasteiger partial charge in [0, 0.05) is 25.7 Å². The summed E-state index contributed by atoms with van der Waals surface area (Å²) < 4.78 is 0. The van der Waals surface area contributed by atoms with Gasteiger partial charge in [0.25, 0.3) is 0 Å². The first kappa shape index (κ1) is 18.4. The fraction of sp³-hybridized carbons (Fsp3) is 0.941. The molecule has 0 radical (unpaired) electrons. The molecule has 2 atom stereocenters. The maximum absolute atomic E-state index is 12.1. The summed E-state index contributed by atoms with van der Waals surface area (Å²) in [6, 6.07) is 0.608. The van der Waals surface area contributed by atoms with Crippen LogP contribution in [0.1, 0.15) is 65.2 Å². The zero-order chi connectivity index (χ0) is 15.5. The summed E-state index contributed by atoms with van der Waals surface area (Å²) in [6.45, 7) is 7.77. The summed E-state index contributed by atoms with van der Waals surface area (Å²) >= 11 is 0. The molecule has 21 heavy (non-hydrogen) atoms. The Balaban J connectivity index is 2.25. The third kappa shape index (κ3) is 7.28. The van der Waals surface area contributed by atoms with Crippen molar-refractivity contribution in [3.05, 3.63) is 0 Å². The number of amides is 1. The van der Waals surface area contributed by atoms with Crippen molar-refractivity contribution >= 4 is 5.91 Å². The van der Waals surface area contributed by atoms with Crippen molar-refractivity contribution in [1.29, 1.82) is 0 Å². The maximum atomic E-state index is 12.1. The Morgan fingerprint density at radius 2 is 2.10 bits per heavy atom. The van der Waals surface area contributed by atoms with Gasteiger partial charge in [0.15, 0.2) is 0 Å². The first-order valence-electron chi connectivity index (χ1n) is 8.90. The number of likely N-dealkylation sites (tertiary alicyclic amines) is 1. The lowest BCUT2D eigenvalue weighted by Crippen LogP contribution is -2.46. The predicted molar refractivity (Wildman–Crippen MR) is 89.2 cm³/mol. The number of hydrogen-bond acceptors (Lipinski definition) is 3. The predicted octanol–water partition coefficient (Wildman–Crippen LogP) is 2.52. The molecule has 4 heteroatoms. The summed E-state index contributed by atoms with van der Waals surface area (Å²) in [4.78, 5) is 14.6. The second kappa shape index (κ2) is 11.0. The molecule has 1 aliphatic heterocycles. The molecular weight excluding hydrogens is 262 g/mol. The highest BCUT2D eigenvalue weighted by Crippen LogP contribution is 2.21. The fourth-order valence-electron chi connectivity index (χ4n) is 3.19. The highest BCUT2D eigenvalue weighted by Gasteiger charge is 2.27. The molecule has 1 amide bonds. The first-order valence-corrected chi connectivity index (χ1v) is 8.90. The van der Waals surface area contributed by atoms with E-state index in [0.717, 1.165) is 25.9 Å². The van der Waals surface area contributed by atoms with Gasteiger partial charge in [-0.05, 0) is 32.7 Å². The third-order valence-electron chi connectivity index (χ3n) is 4.62. The molecule has 1 heterocycles. The van der Waals surface area contributed by atoms with Crippen LogP contribution < -0.4 is 11.1 Å². The van der Waals surface area contributed by atoms with Gasteiger partial charge < -0.3 is 11.1 Å². The van der Waals surface area contributed by atoms with Crippen LogP contribution in [0.15, 0.2) is 0 Å². The molecule has 0 bridgehead atoms. The molecule has 0 saturated carbocycles. The van der Waals surface area contributed by atoms with Gasteiger partial charge in [-0.2, -0.15) is 0 Å². The zero-order valence-corrected chi connectivity index (χ0v) is 14.1. The molecule has 0 aromatic carbocycles. The summed E-state index contributed by atoms with van der Waals surface area (Å²) in [6.07, 6.45) is 10.1. The summed E-state index contributed by atoms with van der Waals surface area (Å²) in [5.41, 5.74) is 5.45. The van der Waals surface area contributed by atoms with Crippen molar-refractivity contribution in [1.82, 2.24) is 10.2 Å². The largest absolute Gasteiger partial charge is 0.355 e. The van der Waals surface area contributed by atoms with Gasteiger partial charge in [0.05, 0.1) is 5.92 Å². The monoisotopic (exact) mass is 297 g/mol. The van der Waals surface area contributed by atoms with Gasteiger partial charge in [-0.1, -0.05) is 39.0 Å². The Morgan fingerprint density at radius 3 is 2.81 bits per heavy atom. The molecule has 1 saturated heterocycles. The van der Waals surface area contributed by atoms with E-state index < -0.39 is 0 Å². The van der Waals surface area contributed by atoms with Crippen LogP contribution in [0.2, 0.25) is 0 Å². The van der Waals surface area contributed by atoms with Crippen LogP contribution in [0, 0.1) is 5.92 Å². The lowest BCUT2D eigenvalue weighted by molar-refractivity contribution is -0.126. The van der Waals surface area contributed by atoms with Crippen molar-refractivity contribution < 1.29 is 4.79 Å². The highest BCUT2D eigenvalue weighted by molar-refractivity contribution is 5.78. The van der Waals surface area contributed by atoms with Crippen LogP contribution in [-0.2, 0) is 4.79 Å². The summed E-state index contributed by atoms with van der Waals surface area (Å²) in [5, 5.41) is 2.94. The van der Waals surface area contributed by atoms with Gasteiger partial charge in [-0.15, -0.1) is 0 Å². The van der Waals surface area contributed by atoms with E-state index >= 15 is 0 Å². The van der Waals surface area contributed by atoms with Gasteiger partial charge in [-0.3, -0.25) is 9.69 Å². The van der Waals surface area contributed by atoms with E-state index in [9.17, 15) is 4.79 Å². The minimum absolute atomic E-state index is 0.160. The summed E-state index contributed by atoms with van der Waals surface area (Å²) in [7, 11) is 0. The Morgan fingerprint density at radius 1 is 1.33 bits per heavy atom. The number of carbonyl (C=O) groups excluding carboxylic acids is 1. The molecule has 1 fully saturated rings. The normalized spacial score (nSPS) is 21.2. The Hall–Kier alpha value is -0.610. The number of hydrogen-bond donors (Lipinski definition) is 2. The SMILES string of the molecule is CCCCCCCC(C)N1CCCC(C(=O)NCCN)C1. The van der Waals surface area contributed by atoms with E-state index in [4.69, 9.17) is 5.73 Å². The molecule has 0 aliphatic carbocycles. The molecule has 4 nitrogen and oxygen atoms in total. The van der Waals surface area contributed by atoms with Crippen LogP contribution in [0.5, 0.6) is 0 Å². The summed E-state index contributed by atoms with van der Waals surface area (Å²) in [5.74, 6) is 0.355. The minimum atomic E-state index is 0.160. The third-order valence-corrected chi connectivity index (χ3v) is 4.62. The Labute approximate surface area is 130 Å². The average molecular weight is 297 g/mol. The van der Waals surface area contributed by atoms with Crippen LogP contribution in [0.3, 0.4) is 0 Å². The van der Waals surface area contributed by atoms with Crippen LogP contribution in [-0.4, -0.2) is 43.0 Å². The van der Waals surface area contributed by atoms with E-state index in [0.29, 0.717) is 19.1 Å². The average Bonchev–Trinajstić information content (AvgIpc) is 2.52. The van der Waals surface area contributed by atoms with Crippen molar-refractivity contribution in [3.63, 3.8) is 0 Å². The molecule has 124 valence electrons. The lowest BCUT2D eigenvalue weighted by atomic mass is 9.95. The van der Waals surface area contributed by atoms with E-state index in [1.54, 1.807) is 0 Å². The topological polar surface area (TPSA) is 58.4 Å². The van der Waals surface area contributed by atoms with Crippen LogP contribution >= 0.6 is 0 Å². The van der Waals surface area contributed by atoms with Crippen molar-refractivity contribution in [2.24, 2.45) is 11.7 Å². The van der Waals surface area contributed by atoms with Gasteiger partial charge in [0.2, 0.25) is 5.91 Å². The van der Waals surface area contributed by atoms with Crippen molar-refractivity contribution in [3.8, 4) is 0 Å². The van der Waals surface area contributed by atoms with E-state index in [1.807, 2.05) is 0 Å². The zero-order valence-electron chi connectivity index (χ0n) is 14.1. The Bertz CT molecular complexity index is 283. The fourth-order valence-corrected chi connectivity index (χ4v) is 3.19. The van der Waals surface area contributed by atoms with Crippen molar-refractivity contribution in [2.45, 2.75) is 71.3 Å². The van der Waals surface area contributed by atoms with Crippen LogP contribution in [0.25, 0.3) is 0 Å². The molecule has 1 rings (SSSR count). The molecule has 1 aliphatic rings. The highest BCUT2D eigenvalue weighted by atomic mass is 16.1. The number of carbonyl (C=O) groups is 1. The van der Waals surface area contributed by atoms with Gasteiger partial charge in [-0.25, -0.2) is 0 Å². The standard InChI is InChI=1S/C17H35N3O/c1-3-4-5-6-7-9-15(2)20-13-8-10-16(14-20)17(21)19-12-11-18/h15-16H,3-14,18H2,1-2H3,(H,19,21). The van der Waals surface area contributed by atoms with E-state index in [1.165, 1.54) is 38.5 Å². The minimum Gasteiger partial charge on any atom is -0.355 e. The Kier molecular flexibility index (Phi) is 9.68. The van der Waals surface area contributed by atoms with Gasteiger partial charge in [0.1, 0.15) is 0 Å². The van der Waals surface area contributed by atoms with Crippen LogP contribution in [0.4, 0.5) is 0 Å². The second-order valence-corrected chi connectivity index (χ2v) is 6.47. The molecule has 3 N–H and O–H groups in total. The number of nitrogens with zero attached hydrogens (tertiary/aromatic N) is 1. The number of nitrogens with two attached hydrogens (primary N) is 1. The number of rotatable bonds is 10. The van der Waals surface area contributed by atoms with Gasteiger partial charge >= 0.3 is 0 Å². The second-order valence-electron chi connectivity index (χ2n) is 6.47. The molecule has 0 aromatic rings. The van der Waals surface area contributed by atoms with E-state index in [2.05, 4.69) is 24.1 Å². The molecule has 0 aromatic heterocycles. The number of unbranched alkanes of at least 4 members (excludes halogenated alkanes) is 4. The molecule has 2 unspecified atom stereocenters. The smallest absolute Gasteiger partial charge is 0.224 e. The van der Waals surface area contributed by atoms with Crippen molar-refractivity contribution in [2.75, 3.05) is 26.2 Å². The van der Waals surface area contributed by atoms with E-state index in [-0.39, 0.29) is 11.8 Å². The number of nitrogens with one attached hydrogen (secondary N) is 1.